The molecule has 8 aromatic carbocycles. The van der Waals surface area contributed by atoms with Gasteiger partial charge in [0, 0.05) is 10.8 Å². The SMILES string of the molecule is c1ccc(-c2c3ccccc3c(-c3ccccc3-c3cccc4oc5cc6ccccc6cc5c34)c3ccccc23)cc1. The van der Waals surface area contributed by atoms with E-state index in [-0.39, 0.29) is 0 Å². The van der Waals surface area contributed by atoms with Crippen molar-refractivity contribution in [1.82, 2.24) is 0 Å². The molecule has 1 nitrogen and oxygen atoms in total. The number of hydrogen-bond donors (Lipinski definition) is 0. The summed E-state index contributed by atoms with van der Waals surface area (Å²) in [6, 6.07) is 56.8. The van der Waals surface area contributed by atoms with Gasteiger partial charge in [-0.2, -0.15) is 0 Å². The lowest BCUT2D eigenvalue weighted by Gasteiger charge is -2.20. The molecule has 0 bridgehead atoms. The van der Waals surface area contributed by atoms with Gasteiger partial charge in [0.2, 0.25) is 0 Å². The van der Waals surface area contributed by atoms with Crippen LogP contribution in [0, 0.1) is 0 Å². The van der Waals surface area contributed by atoms with E-state index in [0.29, 0.717) is 0 Å². The molecule has 1 heteroatoms. The van der Waals surface area contributed by atoms with Crippen LogP contribution in [0.1, 0.15) is 0 Å². The summed E-state index contributed by atoms with van der Waals surface area (Å²) in [5, 5.41) is 9.73. The maximum absolute atomic E-state index is 6.47. The molecular weight excluding hydrogens is 520 g/mol. The Kier molecular flexibility index (Phi) is 5.27. The Hall–Kier alpha value is -5.66. The zero-order chi connectivity index (χ0) is 28.3. The van der Waals surface area contributed by atoms with Crippen LogP contribution in [-0.2, 0) is 0 Å². The highest BCUT2D eigenvalue weighted by atomic mass is 16.3. The van der Waals surface area contributed by atoms with Gasteiger partial charge in [-0.05, 0) is 83.9 Å². The van der Waals surface area contributed by atoms with Crippen LogP contribution >= 0.6 is 0 Å². The van der Waals surface area contributed by atoms with E-state index in [1.54, 1.807) is 0 Å². The lowest BCUT2D eigenvalue weighted by molar-refractivity contribution is 0.669. The van der Waals surface area contributed by atoms with Crippen LogP contribution in [0.2, 0.25) is 0 Å². The van der Waals surface area contributed by atoms with Crippen molar-refractivity contribution in [3.05, 3.63) is 158 Å². The Morgan fingerprint density at radius 1 is 0.326 bits per heavy atom. The van der Waals surface area contributed by atoms with Crippen molar-refractivity contribution in [2.75, 3.05) is 0 Å². The number of benzene rings is 8. The third-order valence-electron chi connectivity index (χ3n) is 8.84. The number of fused-ring (bicyclic) bond motifs is 6. The second kappa shape index (κ2) is 9.44. The maximum atomic E-state index is 6.47. The molecule has 0 N–H and O–H groups in total. The van der Waals surface area contributed by atoms with Gasteiger partial charge in [-0.25, -0.2) is 0 Å². The summed E-state index contributed by atoms with van der Waals surface area (Å²) < 4.78 is 6.47. The lowest BCUT2D eigenvalue weighted by atomic mass is 9.83. The highest BCUT2D eigenvalue weighted by Gasteiger charge is 2.20. The molecule has 0 unspecified atom stereocenters. The minimum Gasteiger partial charge on any atom is -0.456 e. The van der Waals surface area contributed by atoms with E-state index >= 15 is 0 Å². The predicted molar refractivity (Wildman–Crippen MR) is 183 cm³/mol. The van der Waals surface area contributed by atoms with Crippen LogP contribution in [-0.4, -0.2) is 0 Å². The fourth-order valence-electron chi connectivity index (χ4n) is 7.01. The van der Waals surface area contributed by atoms with Crippen LogP contribution in [0.4, 0.5) is 0 Å². The van der Waals surface area contributed by atoms with E-state index in [9.17, 15) is 0 Å². The predicted octanol–water partition coefficient (Wildman–Crippen LogP) is 12.0. The number of furan rings is 1. The zero-order valence-electron chi connectivity index (χ0n) is 23.4. The molecule has 1 heterocycles. The minimum absolute atomic E-state index is 0.909. The van der Waals surface area contributed by atoms with Gasteiger partial charge in [0.25, 0.3) is 0 Å². The first-order valence-electron chi connectivity index (χ1n) is 14.8. The van der Waals surface area contributed by atoms with E-state index in [2.05, 4.69) is 158 Å². The Balaban J connectivity index is 1.40. The van der Waals surface area contributed by atoms with Crippen LogP contribution in [0.25, 0.3) is 87.6 Å². The van der Waals surface area contributed by atoms with Crippen molar-refractivity contribution in [3.8, 4) is 33.4 Å². The van der Waals surface area contributed by atoms with Crippen molar-refractivity contribution in [3.63, 3.8) is 0 Å². The molecular formula is C42H26O. The largest absolute Gasteiger partial charge is 0.456 e. The standard InChI is InChI=1S/C42H26O/c1-2-13-27(14-3-1)40-33-19-8-10-21-35(33)41(36-22-11-9-20-34(36)40)31-18-7-6-17-30(31)32-23-12-24-38-42(32)37-25-28-15-4-5-16-29(28)26-39(37)43-38/h1-26H. The fourth-order valence-corrected chi connectivity index (χ4v) is 7.01. The Labute approximate surface area is 249 Å². The van der Waals surface area contributed by atoms with Crippen LogP contribution in [0.3, 0.4) is 0 Å². The maximum Gasteiger partial charge on any atom is 0.136 e. The second-order valence-electron chi connectivity index (χ2n) is 11.2. The van der Waals surface area contributed by atoms with Gasteiger partial charge in [-0.1, -0.05) is 140 Å². The minimum atomic E-state index is 0.909. The quantitative estimate of drug-likeness (QED) is 0.201. The highest BCUT2D eigenvalue weighted by Crippen LogP contribution is 2.47. The molecule has 0 saturated carbocycles. The molecule has 0 aliphatic carbocycles. The zero-order valence-corrected chi connectivity index (χ0v) is 23.4. The third kappa shape index (κ3) is 3.65. The fraction of sp³-hybridized carbons (Fsp3) is 0. The first-order valence-corrected chi connectivity index (χ1v) is 14.8. The van der Waals surface area contributed by atoms with Crippen LogP contribution < -0.4 is 0 Å². The summed E-state index contributed by atoms with van der Waals surface area (Å²) in [6.07, 6.45) is 0. The molecule has 0 aliphatic rings. The van der Waals surface area contributed by atoms with Gasteiger partial charge < -0.3 is 4.42 Å². The molecule has 0 amide bonds. The van der Waals surface area contributed by atoms with Crippen molar-refractivity contribution in [2.45, 2.75) is 0 Å². The summed E-state index contributed by atoms with van der Waals surface area (Å²) >= 11 is 0. The molecule has 0 saturated heterocycles. The molecule has 0 fully saturated rings. The second-order valence-corrected chi connectivity index (χ2v) is 11.2. The van der Waals surface area contributed by atoms with Crippen molar-refractivity contribution in [2.24, 2.45) is 0 Å². The molecule has 200 valence electrons. The van der Waals surface area contributed by atoms with Gasteiger partial charge in [-0.15, -0.1) is 0 Å². The van der Waals surface area contributed by atoms with Crippen molar-refractivity contribution in [1.29, 1.82) is 0 Å². The van der Waals surface area contributed by atoms with Gasteiger partial charge >= 0.3 is 0 Å². The molecule has 43 heavy (non-hydrogen) atoms. The van der Waals surface area contributed by atoms with Crippen molar-refractivity contribution >= 4 is 54.3 Å². The van der Waals surface area contributed by atoms with E-state index in [1.807, 2.05) is 0 Å². The van der Waals surface area contributed by atoms with Gasteiger partial charge in [0.1, 0.15) is 11.2 Å². The topological polar surface area (TPSA) is 13.1 Å². The number of hydrogen-bond acceptors (Lipinski definition) is 1. The van der Waals surface area contributed by atoms with Crippen molar-refractivity contribution < 1.29 is 4.42 Å². The Morgan fingerprint density at radius 3 is 1.56 bits per heavy atom. The lowest BCUT2D eigenvalue weighted by Crippen LogP contribution is -1.92. The Bertz CT molecular complexity index is 2440. The van der Waals surface area contributed by atoms with Gasteiger partial charge in [0.15, 0.2) is 0 Å². The molecule has 0 spiro atoms. The summed E-state index contributed by atoms with van der Waals surface area (Å²) in [7, 11) is 0. The van der Waals surface area contributed by atoms with E-state index in [1.165, 1.54) is 65.7 Å². The number of rotatable bonds is 3. The van der Waals surface area contributed by atoms with Crippen LogP contribution in [0.5, 0.6) is 0 Å². The smallest absolute Gasteiger partial charge is 0.136 e. The van der Waals surface area contributed by atoms with E-state index in [0.717, 1.165) is 21.9 Å². The average molecular weight is 547 g/mol. The van der Waals surface area contributed by atoms with E-state index in [4.69, 9.17) is 4.42 Å². The van der Waals surface area contributed by atoms with Gasteiger partial charge in [0.05, 0.1) is 0 Å². The monoisotopic (exact) mass is 546 g/mol. The molecule has 0 atom stereocenters. The summed E-state index contributed by atoms with van der Waals surface area (Å²) in [5.41, 5.74) is 9.20. The summed E-state index contributed by atoms with van der Waals surface area (Å²) in [5.74, 6) is 0. The molecule has 0 aliphatic heterocycles. The molecule has 0 radical (unpaired) electrons. The average Bonchev–Trinajstić information content (AvgIpc) is 3.44. The first-order chi connectivity index (χ1) is 21.3. The third-order valence-corrected chi connectivity index (χ3v) is 8.84. The summed E-state index contributed by atoms with van der Waals surface area (Å²) in [4.78, 5) is 0. The van der Waals surface area contributed by atoms with E-state index < -0.39 is 0 Å². The summed E-state index contributed by atoms with van der Waals surface area (Å²) in [6.45, 7) is 0. The van der Waals surface area contributed by atoms with Gasteiger partial charge in [-0.3, -0.25) is 0 Å². The normalized spacial score (nSPS) is 11.7. The highest BCUT2D eigenvalue weighted by molar-refractivity contribution is 6.23. The first kappa shape index (κ1) is 24.0. The Morgan fingerprint density at radius 2 is 0.860 bits per heavy atom. The molecule has 1 aromatic heterocycles. The van der Waals surface area contributed by atoms with Crippen LogP contribution in [0.15, 0.2) is 162 Å². The molecule has 9 aromatic rings. The molecule has 9 rings (SSSR count).